The first kappa shape index (κ1) is 25.5. The molecular formula is C24H16Br2Cl3FN2O2. The van der Waals surface area contributed by atoms with Crippen molar-refractivity contribution in [2.75, 3.05) is 17.3 Å². The van der Waals surface area contributed by atoms with Crippen LogP contribution in [-0.4, -0.2) is 23.2 Å². The second kappa shape index (κ2) is 9.78. The molecule has 0 heterocycles. The van der Waals surface area contributed by atoms with E-state index in [0.29, 0.717) is 11.4 Å². The van der Waals surface area contributed by atoms with Crippen LogP contribution >= 0.6 is 66.7 Å². The molecule has 0 aromatic heterocycles. The first-order valence-electron chi connectivity index (χ1n) is 9.97. The van der Waals surface area contributed by atoms with Gasteiger partial charge in [0.05, 0.1) is 16.5 Å². The average Bonchev–Trinajstić information content (AvgIpc) is 3.36. The minimum Gasteiger partial charge on any atom is -0.326 e. The topological polar surface area (TPSA) is 49.4 Å². The molecule has 176 valence electrons. The summed E-state index contributed by atoms with van der Waals surface area (Å²) in [5.74, 6) is -2.29. The number of amides is 2. The molecule has 3 aromatic carbocycles. The van der Waals surface area contributed by atoms with Gasteiger partial charge in [0.25, 0.3) is 5.91 Å². The maximum atomic E-state index is 13.2. The van der Waals surface area contributed by atoms with Crippen molar-refractivity contribution in [1.29, 1.82) is 0 Å². The number of nitrogens with zero attached hydrogens (tertiary/aromatic N) is 1. The van der Waals surface area contributed by atoms with Gasteiger partial charge in [-0.05, 0) is 66.2 Å². The maximum absolute atomic E-state index is 13.2. The number of nitrogens with one attached hydrogen (secondary N) is 1. The smallest absolute Gasteiger partial charge is 0.259 e. The summed E-state index contributed by atoms with van der Waals surface area (Å²) in [5, 5.41) is 3.00. The molecular weight excluding hydrogens is 633 g/mol. The molecule has 1 aliphatic carbocycles. The van der Waals surface area contributed by atoms with Crippen LogP contribution in [0.1, 0.15) is 21.8 Å². The number of rotatable bonds is 5. The Kier molecular flexibility index (Phi) is 7.32. The lowest BCUT2D eigenvalue weighted by molar-refractivity contribution is -0.117. The van der Waals surface area contributed by atoms with Crippen LogP contribution in [-0.2, 0) is 4.79 Å². The number of halogens is 6. The highest BCUT2D eigenvalue weighted by molar-refractivity contribution is 9.11. The highest BCUT2D eigenvalue weighted by Gasteiger charge is 2.67. The highest BCUT2D eigenvalue weighted by atomic mass is 79.9. The molecule has 34 heavy (non-hydrogen) atoms. The van der Waals surface area contributed by atoms with E-state index in [9.17, 15) is 14.0 Å². The predicted molar refractivity (Wildman–Crippen MR) is 142 cm³/mol. The van der Waals surface area contributed by atoms with Crippen LogP contribution in [0, 0.1) is 11.7 Å². The number of hydrogen-bond acceptors (Lipinski definition) is 2. The van der Waals surface area contributed by atoms with Gasteiger partial charge in [-0.2, -0.15) is 0 Å². The van der Waals surface area contributed by atoms with Gasteiger partial charge in [0.2, 0.25) is 5.91 Å². The van der Waals surface area contributed by atoms with Gasteiger partial charge in [-0.3, -0.25) is 9.59 Å². The van der Waals surface area contributed by atoms with Gasteiger partial charge in [0.15, 0.2) is 0 Å². The second-order valence-electron chi connectivity index (χ2n) is 7.86. The fraction of sp³-hybridized carbons (Fsp3) is 0.167. The van der Waals surface area contributed by atoms with E-state index in [1.165, 1.54) is 41.3 Å². The van der Waals surface area contributed by atoms with Crippen molar-refractivity contribution in [3.63, 3.8) is 0 Å². The molecule has 0 radical (unpaired) electrons. The van der Waals surface area contributed by atoms with Gasteiger partial charge in [-0.15, -0.1) is 23.2 Å². The van der Waals surface area contributed by atoms with Gasteiger partial charge in [-0.1, -0.05) is 43.5 Å². The van der Waals surface area contributed by atoms with Crippen molar-refractivity contribution in [1.82, 2.24) is 0 Å². The normalized spacial score (nSPS) is 18.3. The molecule has 1 aliphatic rings. The fourth-order valence-corrected chi connectivity index (χ4v) is 6.13. The van der Waals surface area contributed by atoms with Gasteiger partial charge >= 0.3 is 0 Å². The Morgan fingerprint density at radius 2 is 1.62 bits per heavy atom. The molecule has 0 bridgehead atoms. The number of hydrogen-bond donors (Lipinski definition) is 1. The fourth-order valence-electron chi connectivity index (χ4n) is 3.77. The summed E-state index contributed by atoms with van der Waals surface area (Å²) in [6.07, 6.45) is 0. The summed E-state index contributed by atoms with van der Waals surface area (Å²) in [6, 6.07) is 15.7. The van der Waals surface area contributed by atoms with Crippen molar-refractivity contribution < 1.29 is 14.0 Å². The van der Waals surface area contributed by atoms with Crippen molar-refractivity contribution in [3.05, 3.63) is 91.6 Å². The van der Waals surface area contributed by atoms with E-state index in [-0.39, 0.29) is 16.5 Å². The predicted octanol–water partition coefficient (Wildman–Crippen LogP) is 7.81. The lowest BCUT2D eigenvalue weighted by Gasteiger charge is -2.18. The van der Waals surface area contributed by atoms with Crippen LogP contribution in [0.2, 0.25) is 5.02 Å². The van der Waals surface area contributed by atoms with Gasteiger partial charge in [0.1, 0.15) is 10.2 Å². The molecule has 3 aromatic rings. The Morgan fingerprint density at radius 1 is 1.00 bits per heavy atom. The first-order chi connectivity index (χ1) is 16.0. The van der Waals surface area contributed by atoms with Crippen molar-refractivity contribution in [3.8, 4) is 0 Å². The monoisotopic (exact) mass is 646 g/mol. The third-order valence-electron chi connectivity index (χ3n) is 5.56. The Balaban J connectivity index is 1.53. The average molecular weight is 650 g/mol. The summed E-state index contributed by atoms with van der Waals surface area (Å²) in [4.78, 5) is 27.4. The van der Waals surface area contributed by atoms with E-state index in [2.05, 4.69) is 37.2 Å². The third kappa shape index (κ3) is 5.14. The maximum Gasteiger partial charge on any atom is 0.259 e. The van der Waals surface area contributed by atoms with Crippen LogP contribution in [0.25, 0.3) is 0 Å². The molecule has 0 saturated heterocycles. The molecule has 10 heteroatoms. The van der Waals surface area contributed by atoms with Gasteiger partial charge < -0.3 is 10.2 Å². The van der Waals surface area contributed by atoms with Crippen LogP contribution in [0.4, 0.5) is 15.8 Å². The highest BCUT2D eigenvalue weighted by Crippen LogP contribution is 2.65. The summed E-state index contributed by atoms with van der Waals surface area (Å²) in [5.41, 5.74) is 1.86. The van der Waals surface area contributed by atoms with E-state index in [4.69, 9.17) is 34.8 Å². The molecule has 2 atom stereocenters. The van der Waals surface area contributed by atoms with E-state index >= 15 is 0 Å². The zero-order valence-electron chi connectivity index (χ0n) is 17.5. The SMILES string of the molecule is CN(C(=O)c1cc(NC(=O)C2C(c3cc(Br)cc(Br)c3)C2(Cl)Cl)ccc1Cl)c1ccc(F)cc1. The summed E-state index contributed by atoms with van der Waals surface area (Å²) in [7, 11) is 1.55. The van der Waals surface area contributed by atoms with Gasteiger partial charge in [0, 0.05) is 33.3 Å². The van der Waals surface area contributed by atoms with Crippen LogP contribution < -0.4 is 10.2 Å². The molecule has 2 unspecified atom stereocenters. The van der Waals surface area contributed by atoms with E-state index in [1.807, 2.05) is 18.2 Å². The number of carbonyl (C=O) groups is 2. The standard InChI is InChI=1S/C24H16Br2Cl3FN2O2/c1-32(17-5-2-15(30)3-6-17)23(34)18-11-16(4-7-19(18)27)31-22(33)21-20(24(21,28)29)12-8-13(25)10-14(26)9-12/h2-11,20-21H,1H3,(H,31,33). The Morgan fingerprint density at radius 3 is 2.24 bits per heavy atom. The minimum absolute atomic E-state index is 0.178. The van der Waals surface area contributed by atoms with E-state index in [0.717, 1.165) is 14.5 Å². The Bertz CT molecular complexity index is 1270. The molecule has 0 aliphatic heterocycles. The number of carbonyl (C=O) groups excluding carboxylic acids is 2. The van der Waals surface area contributed by atoms with Crippen molar-refractivity contribution in [2.24, 2.45) is 5.92 Å². The summed E-state index contributed by atoms with van der Waals surface area (Å²) >= 11 is 26.1. The number of alkyl halides is 2. The second-order valence-corrected chi connectivity index (χ2v) is 11.5. The number of anilines is 2. The molecule has 1 fully saturated rings. The molecule has 1 saturated carbocycles. The lowest BCUT2D eigenvalue weighted by Crippen LogP contribution is -2.26. The summed E-state index contributed by atoms with van der Waals surface area (Å²) < 4.78 is 13.6. The van der Waals surface area contributed by atoms with Crippen LogP contribution in [0.3, 0.4) is 0 Å². The van der Waals surface area contributed by atoms with Crippen molar-refractivity contribution in [2.45, 2.75) is 10.3 Å². The van der Waals surface area contributed by atoms with E-state index < -0.39 is 27.9 Å². The van der Waals surface area contributed by atoms with E-state index in [1.54, 1.807) is 13.1 Å². The molecule has 4 rings (SSSR count). The third-order valence-corrected chi connectivity index (χ3v) is 7.75. The largest absolute Gasteiger partial charge is 0.326 e. The van der Waals surface area contributed by atoms with Crippen molar-refractivity contribution >= 4 is 89.9 Å². The molecule has 4 nitrogen and oxygen atoms in total. The minimum atomic E-state index is -1.27. The Hall–Kier alpha value is -1.64. The lowest BCUT2D eigenvalue weighted by atomic mass is 10.1. The Labute approximate surface area is 227 Å². The molecule has 1 N–H and O–H groups in total. The summed E-state index contributed by atoms with van der Waals surface area (Å²) in [6.45, 7) is 0. The zero-order chi connectivity index (χ0) is 24.8. The van der Waals surface area contributed by atoms with Gasteiger partial charge in [-0.25, -0.2) is 4.39 Å². The van der Waals surface area contributed by atoms with Crippen LogP contribution in [0.5, 0.6) is 0 Å². The first-order valence-corrected chi connectivity index (χ1v) is 12.7. The molecule has 0 spiro atoms. The molecule has 2 amide bonds. The van der Waals surface area contributed by atoms with Crippen LogP contribution in [0.15, 0.2) is 69.6 Å². The zero-order valence-corrected chi connectivity index (χ0v) is 22.9. The number of benzene rings is 3. The quantitative estimate of drug-likeness (QED) is 0.287.